The first-order valence-electron chi connectivity index (χ1n) is 10.5. The number of anilines is 1. The molecule has 2 N–H and O–H groups in total. The Labute approximate surface area is 175 Å². The number of aryl methyl sites for hydroxylation is 1. The summed E-state index contributed by atoms with van der Waals surface area (Å²) >= 11 is 0. The van der Waals surface area contributed by atoms with E-state index in [0.717, 1.165) is 42.5 Å². The van der Waals surface area contributed by atoms with Crippen LogP contribution in [0.15, 0.2) is 59.4 Å². The van der Waals surface area contributed by atoms with Crippen LogP contribution in [0.3, 0.4) is 0 Å². The molecule has 1 saturated heterocycles. The second-order valence-electron chi connectivity index (χ2n) is 7.71. The molecule has 6 nitrogen and oxygen atoms in total. The first-order chi connectivity index (χ1) is 14.6. The Morgan fingerprint density at radius 2 is 2.03 bits per heavy atom. The van der Waals surface area contributed by atoms with Crippen molar-refractivity contribution in [3.63, 3.8) is 0 Å². The number of amides is 2. The van der Waals surface area contributed by atoms with Crippen molar-refractivity contribution < 1.29 is 9.53 Å². The lowest BCUT2D eigenvalue weighted by Gasteiger charge is -2.25. The number of aromatic nitrogens is 1. The van der Waals surface area contributed by atoms with Gasteiger partial charge in [-0.2, -0.15) is 0 Å². The van der Waals surface area contributed by atoms with Gasteiger partial charge >= 0.3 is 6.03 Å². The number of hydrogen-bond acceptors (Lipinski definition) is 3. The van der Waals surface area contributed by atoms with Crippen molar-refractivity contribution >= 4 is 22.6 Å². The molecule has 0 aliphatic carbocycles. The number of pyridine rings is 1. The van der Waals surface area contributed by atoms with Crippen LogP contribution in [0.1, 0.15) is 30.9 Å². The maximum atomic E-state index is 13.0. The highest BCUT2D eigenvalue weighted by molar-refractivity contribution is 5.89. The molecule has 30 heavy (non-hydrogen) atoms. The van der Waals surface area contributed by atoms with Gasteiger partial charge in [0.15, 0.2) is 0 Å². The van der Waals surface area contributed by atoms with E-state index in [1.165, 1.54) is 5.56 Å². The van der Waals surface area contributed by atoms with E-state index in [4.69, 9.17) is 4.74 Å². The molecule has 2 amide bonds. The van der Waals surface area contributed by atoms with Crippen molar-refractivity contribution in [1.82, 2.24) is 9.88 Å². The molecule has 0 bridgehead atoms. The average molecular weight is 405 g/mol. The monoisotopic (exact) mass is 405 g/mol. The molecule has 1 aromatic heterocycles. The van der Waals surface area contributed by atoms with Gasteiger partial charge in [0.05, 0.1) is 12.6 Å². The van der Waals surface area contributed by atoms with Gasteiger partial charge in [-0.15, -0.1) is 0 Å². The van der Waals surface area contributed by atoms with Gasteiger partial charge in [0.25, 0.3) is 5.56 Å². The van der Waals surface area contributed by atoms with Crippen LogP contribution in [0.5, 0.6) is 0 Å². The first kappa shape index (κ1) is 20.2. The van der Waals surface area contributed by atoms with Gasteiger partial charge in [-0.1, -0.05) is 31.2 Å². The van der Waals surface area contributed by atoms with Crippen LogP contribution < -0.4 is 10.9 Å². The van der Waals surface area contributed by atoms with Crippen LogP contribution in [0, 0.1) is 0 Å². The number of hydrogen-bond donors (Lipinski definition) is 2. The lowest BCUT2D eigenvalue weighted by atomic mass is 10.1. The highest BCUT2D eigenvalue weighted by atomic mass is 16.5. The van der Waals surface area contributed by atoms with Gasteiger partial charge in [-0.3, -0.25) is 4.79 Å². The first-order valence-corrected chi connectivity index (χ1v) is 10.5. The number of fused-ring (bicyclic) bond motifs is 1. The van der Waals surface area contributed by atoms with Crippen LogP contribution in [-0.4, -0.2) is 35.2 Å². The average Bonchev–Trinajstić information content (AvgIpc) is 3.27. The number of benzene rings is 2. The predicted molar refractivity (Wildman–Crippen MR) is 119 cm³/mol. The summed E-state index contributed by atoms with van der Waals surface area (Å²) in [5.41, 5.74) is 3.13. The Hall–Kier alpha value is -3.12. The molecule has 2 heterocycles. The van der Waals surface area contributed by atoms with E-state index in [1.807, 2.05) is 48.5 Å². The molecular formula is C24H27N3O3. The van der Waals surface area contributed by atoms with Gasteiger partial charge in [0.1, 0.15) is 0 Å². The number of aromatic amines is 1. The van der Waals surface area contributed by atoms with E-state index in [0.29, 0.717) is 12.1 Å². The van der Waals surface area contributed by atoms with Gasteiger partial charge in [-0.05, 0) is 60.5 Å². The lowest BCUT2D eigenvalue weighted by molar-refractivity contribution is 0.0818. The van der Waals surface area contributed by atoms with Gasteiger partial charge in [-0.25, -0.2) is 4.79 Å². The Balaban J connectivity index is 1.60. The Morgan fingerprint density at radius 1 is 1.20 bits per heavy atom. The third kappa shape index (κ3) is 4.71. The summed E-state index contributed by atoms with van der Waals surface area (Å²) in [7, 11) is 0. The molecule has 0 spiro atoms. The van der Waals surface area contributed by atoms with Crippen LogP contribution in [0.25, 0.3) is 10.9 Å². The molecule has 1 aliphatic rings. The number of ether oxygens (including phenoxy) is 1. The minimum Gasteiger partial charge on any atom is -0.376 e. The zero-order valence-electron chi connectivity index (χ0n) is 17.2. The van der Waals surface area contributed by atoms with Crippen molar-refractivity contribution in [2.75, 3.05) is 18.5 Å². The number of nitrogens with zero attached hydrogens (tertiary/aromatic N) is 1. The number of rotatable bonds is 6. The molecule has 156 valence electrons. The second-order valence-corrected chi connectivity index (χ2v) is 7.71. The Bertz CT molecular complexity index is 1070. The Morgan fingerprint density at radius 3 is 2.77 bits per heavy atom. The van der Waals surface area contributed by atoms with E-state index in [1.54, 1.807) is 4.90 Å². The molecule has 1 atom stereocenters. The standard InChI is InChI=1S/C24H27N3O3/c1-2-17-10-11-22-18(13-17)14-19(23(28)26-22)15-27(16-21-9-6-12-30-21)24(29)25-20-7-4-3-5-8-20/h3-5,7-8,10-11,13-14,21H,2,6,9,12,15-16H2,1H3,(H,25,29)(H,26,28)/t21-/m0/s1. The third-order valence-electron chi connectivity index (χ3n) is 5.52. The van der Waals surface area contributed by atoms with Crippen LogP contribution in [0.4, 0.5) is 10.5 Å². The number of para-hydroxylation sites is 1. The Kier molecular flexibility index (Phi) is 6.14. The van der Waals surface area contributed by atoms with E-state index in [2.05, 4.69) is 23.3 Å². The zero-order valence-corrected chi connectivity index (χ0v) is 17.2. The molecule has 0 saturated carbocycles. The molecule has 0 unspecified atom stereocenters. The normalized spacial score (nSPS) is 16.0. The number of carbonyl (C=O) groups is 1. The fraction of sp³-hybridized carbons (Fsp3) is 0.333. The number of nitrogens with one attached hydrogen (secondary N) is 2. The smallest absolute Gasteiger partial charge is 0.322 e. The van der Waals surface area contributed by atoms with Crippen LogP contribution in [0.2, 0.25) is 0 Å². The fourth-order valence-corrected chi connectivity index (χ4v) is 3.82. The number of H-pyrrole nitrogens is 1. The van der Waals surface area contributed by atoms with Crippen molar-refractivity contribution in [3.05, 3.63) is 76.1 Å². The van der Waals surface area contributed by atoms with E-state index < -0.39 is 0 Å². The fourth-order valence-electron chi connectivity index (χ4n) is 3.82. The quantitative estimate of drug-likeness (QED) is 0.642. The van der Waals surface area contributed by atoms with Gasteiger partial charge < -0.3 is 19.9 Å². The maximum Gasteiger partial charge on any atom is 0.322 e. The molecule has 1 fully saturated rings. The summed E-state index contributed by atoms with van der Waals surface area (Å²) in [6.07, 6.45) is 2.84. The summed E-state index contributed by atoms with van der Waals surface area (Å²) in [5, 5.41) is 3.91. The molecule has 3 aromatic rings. The van der Waals surface area contributed by atoms with E-state index in [9.17, 15) is 9.59 Å². The molecule has 1 aliphatic heterocycles. The minimum absolute atomic E-state index is 0.00208. The van der Waals surface area contributed by atoms with Crippen molar-refractivity contribution in [2.45, 2.75) is 38.8 Å². The van der Waals surface area contributed by atoms with Crippen molar-refractivity contribution in [2.24, 2.45) is 0 Å². The maximum absolute atomic E-state index is 13.0. The van der Waals surface area contributed by atoms with E-state index >= 15 is 0 Å². The third-order valence-corrected chi connectivity index (χ3v) is 5.52. The zero-order chi connectivity index (χ0) is 20.9. The SMILES string of the molecule is CCc1ccc2[nH]c(=O)c(CN(C[C@@H]3CCCO3)C(=O)Nc3ccccc3)cc2c1. The predicted octanol–water partition coefficient (Wildman–Crippen LogP) is 4.30. The topological polar surface area (TPSA) is 74.4 Å². The number of urea groups is 1. The van der Waals surface area contributed by atoms with Crippen LogP contribution in [-0.2, 0) is 17.7 Å². The molecule has 4 rings (SSSR count). The lowest BCUT2D eigenvalue weighted by Crippen LogP contribution is -2.40. The number of carbonyl (C=O) groups excluding carboxylic acids is 1. The molecular weight excluding hydrogens is 378 g/mol. The molecule has 0 radical (unpaired) electrons. The summed E-state index contributed by atoms with van der Waals surface area (Å²) in [4.78, 5) is 30.3. The highest BCUT2D eigenvalue weighted by Gasteiger charge is 2.24. The second kappa shape index (κ2) is 9.13. The van der Waals surface area contributed by atoms with Crippen molar-refractivity contribution in [3.8, 4) is 0 Å². The summed E-state index contributed by atoms with van der Waals surface area (Å²) in [6.45, 7) is 3.49. The summed E-state index contributed by atoms with van der Waals surface area (Å²) in [6, 6.07) is 17.0. The van der Waals surface area contributed by atoms with Crippen LogP contribution >= 0.6 is 0 Å². The summed E-state index contributed by atoms with van der Waals surface area (Å²) < 4.78 is 5.74. The van der Waals surface area contributed by atoms with Gasteiger partial charge in [0.2, 0.25) is 0 Å². The van der Waals surface area contributed by atoms with Gasteiger partial charge in [0, 0.05) is 29.9 Å². The largest absolute Gasteiger partial charge is 0.376 e. The molecule has 6 heteroatoms. The minimum atomic E-state index is -0.237. The van der Waals surface area contributed by atoms with Crippen molar-refractivity contribution in [1.29, 1.82) is 0 Å². The molecule has 2 aromatic carbocycles. The van der Waals surface area contributed by atoms with E-state index in [-0.39, 0.29) is 24.2 Å². The summed E-state index contributed by atoms with van der Waals surface area (Å²) in [5.74, 6) is 0. The highest BCUT2D eigenvalue weighted by Crippen LogP contribution is 2.18.